The molecule has 1 rings (SSSR count). The molecule has 0 saturated carbocycles. The molecule has 0 spiro atoms. The molecule has 1 heterocycles. The zero-order chi connectivity index (χ0) is 10.6. The van der Waals surface area contributed by atoms with Crippen LogP contribution in [0.4, 0.5) is 0 Å². The minimum absolute atomic E-state index is 0.146. The molecule has 80 valence electrons. The van der Waals surface area contributed by atoms with Crippen molar-refractivity contribution >= 4 is 23.5 Å². The average molecular weight is 220 g/mol. The van der Waals surface area contributed by atoms with Crippen molar-refractivity contribution in [2.75, 3.05) is 12.4 Å². The van der Waals surface area contributed by atoms with Crippen molar-refractivity contribution in [2.45, 2.75) is 31.7 Å². The van der Waals surface area contributed by atoms with Crippen LogP contribution in [-0.4, -0.2) is 40.3 Å². The molecular weight excluding hydrogens is 206 g/mol. The van der Waals surface area contributed by atoms with E-state index < -0.39 is 12.0 Å². The Morgan fingerprint density at radius 1 is 1.43 bits per heavy atom. The highest BCUT2D eigenvalue weighted by atomic mass is 35.5. The summed E-state index contributed by atoms with van der Waals surface area (Å²) >= 11 is 5.45. The molecular formula is C9H14ClNO3. The monoisotopic (exact) mass is 219 g/mol. The molecule has 0 aliphatic carbocycles. The number of carboxylic acids is 1. The Hall–Kier alpha value is -0.770. The highest BCUT2D eigenvalue weighted by Gasteiger charge is 2.31. The zero-order valence-electron chi connectivity index (χ0n) is 7.91. The van der Waals surface area contributed by atoms with Crippen LogP contribution in [0.25, 0.3) is 0 Å². The predicted octanol–water partition coefficient (Wildman–Crippen LogP) is 1.08. The first-order valence-corrected chi connectivity index (χ1v) is 5.28. The number of hydrogen-bond acceptors (Lipinski definition) is 2. The first-order chi connectivity index (χ1) is 6.66. The molecule has 0 bridgehead atoms. The quantitative estimate of drug-likeness (QED) is 0.723. The van der Waals surface area contributed by atoms with Crippen LogP contribution in [-0.2, 0) is 9.59 Å². The highest BCUT2D eigenvalue weighted by Crippen LogP contribution is 2.18. The van der Waals surface area contributed by atoms with E-state index in [-0.39, 0.29) is 18.2 Å². The first-order valence-electron chi connectivity index (χ1n) is 4.75. The van der Waals surface area contributed by atoms with Gasteiger partial charge in [-0.2, -0.15) is 0 Å². The molecule has 1 atom stereocenters. The average Bonchev–Trinajstić information content (AvgIpc) is 2.18. The van der Waals surface area contributed by atoms with Gasteiger partial charge in [-0.25, -0.2) is 4.79 Å². The SMILES string of the molecule is O=C(O)C1CCCCN1C(=O)CCCl. The zero-order valence-corrected chi connectivity index (χ0v) is 8.66. The molecule has 1 N–H and O–H groups in total. The second-order valence-corrected chi connectivity index (χ2v) is 3.75. The van der Waals surface area contributed by atoms with Crippen LogP contribution >= 0.6 is 11.6 Å². The van der Waals surface area contributed by atoms with Crippen LogP contribution in [0.1, 0.15) is 25.7 Å². The second kappa shape index (κ2) is 5.20. The Bertz CT molecular complexity index is 232. The van der Waals surface area contributed by atoms with Crippen LogP contribution in [0.15, 0.2) is 0 Å². The van der Waals surface area contributed by atoms with Crippen molar-refractivity contribution in [2.24, 2.45) is 0 Å². The maximum atomic E-state index is 11.5. The molecule has 0 aromatic rings. The van der Waals surface area contributed by atoms with Crippen molar-refractivity contribution in [3.8, 4) is 0 Å². The molecule has 1 aliphatic heterocycles. The van der Waals surface area contributed by atoms with Gasteiger partial charge in [-0.05, 0) is 19.3 Å². The van der Waals surface area contributed by atoms with Crippen LogP contribution < -0.4 is 0 Å². The molecule has 0 aromatic carbocycles. The molecule has 1 saturated heterocycles. The molecule has 0 aromatic heterocycles. The Labute approximate surface area is 87.8 Å². The van der Waals surface area contributed by atoms with E-state index in [9.17, 15) is 9.59 Å². The number of nitrogens with zero attached hydrogens (tertiary/aromatic N) is 1. The van der Waals surface area contributed by atoms with Crippen molar-refractivity contribution in [3.63, 3.8) is 0 Å². The Balaban J connectivity index is 2.62. The van der Waals surface area contributed by atoms with Crippen LogP contribution in [0.2, 0.25) is 0 Å². The molecule has 5 heteroatoms. The number of carbonyl (C=O) groups is 2. The maximum Gasteiger partial charge on any atom is 0.326 e. The molecule has 1 fully saturated rings. The normalized spacial score (nSPS) is 22.1. The summed E-state index contributed by atoms with van der Waals surface area (Å²) < 4.78 is 0. The fraction of sp³-hybridized carbons (Fsp3) is 0.778. The number of aliphatic carboxylic acids is 1. The standard InChI is InChI=1S/C9H14ClNO3/c10-5-4-8(12)11-6-2-1-3-7(11)9(13)14/h7H,1-6H2,(H,13,14). The second-order valence-electron chi connectivity index (χ2n) is 3.38. The summed E-state index contributed by atoms with van der Waals surface area (Å²) in [6.45, 7) is 0.548. The Morgan fingerprint density at radius 3 is 2.71 bits per heavy atom. The van der Waals surface area contributed by atoms with Gasteiger partial charge in [0.05, 0.1) is 0 Å². The summed E-state index contributed by atoms with van der Waals surface area (Å²) in [5, 5.41) is 8.90. The molecule has 0 radical (unpaired) electrons. The van der Waals surface area contributed by atoms with E-state index in [0.29, 0.717) is 13.0 Å². The van der Waals surface area contributed by atoms with E-state index in [1.807, 2.05) is 0 Å². The van der Waals surface area contributed by atoms with E-state index in [0.717, 1.165) is 12.8 Å². The first kappa shape index (κ1) is 11.3. The Kier molecular flexibility index (Phi) is 4.20. The summed E-state index contributed by atoms with van der Waals surface area (Å²) in [4.78, 5) is 23.8. The van der Waals surface area contributed by atoms with Gasteiger partial charge in [0.1, 0.15) is 6.04 Å². The van der Waals surface area contributed by atoms with Gasteiger partial charge in [-0.15, -0.1) is 11.6 Å². The van der Waals surface area contributed by atoms with E-state index in [4.69, 9.17) is 16.7 Å². The number of carboxylic acid groups (broad SMARTS) is 1. The fourth-order valence-electron chi connectivity index (χ4n) is 1.71. The van der Waals surface area contributed by atoms with E-state index in [1.54, 1.807) is 0 Å². The lowest BCUT2D eigenvalue weighted by atomic mass is 10.0. The summed E-state index contributed by atoms with van der Waals surface area (Å²) in [6.07, 6.45) is 2.55. The van der Waals surface area contributed by atoms with Gasteiger partial charge < -0.3 is 10.0 Å². The third kappa shape index (κ3) is 2.61. The molecule has 1 unspecified atom stereocenters. The van der Waals surface area contributed by atoms with Crippen LogP contribution in [0.5, 0.6) is 0 Å². The smallest absolute Gasteiger partial charge is 0.326 e. The van der Waals surface area contributed by atoms with Crippen molar-refractivity contribution in [1.82, 2.24) is 4.90 Å². The third-order valence-corrected chi connectivity index (χ3v) is 2.61. The van der Waals surface area contributed by atoms with Crippen molar-refractivity contribution in [1.29, 1.82) is 0 Å². The number of amides is 1. The van der Waals surface area contributed by atoms with E-state index >= 15 is 0 Å². The number of rotatable bonds is 3. The van der Waals surface area contributed by atoms with Crippen molar-refractivity contribution in [3.05, 3.63) is 0 Å². The molecule has 1 amide bonds. The summed E-state index contributed by atoms with van der Waals surface area (Å²) in [6, 6.07) is -0.639. The number of likely N-dealkylation sites (tertiary alicyclic amines) is 1. The van der Waals surface area contributed by atoms with Gasteiger partial charge in [0, 0.05) is 18.8 Å². The lowest BCUT2D eigenvalue weighted by Gasteiger charge is -2.32. The van der Waals surface area contributed by atoms with Crippen LogP contribution in [0, 0.1) is 0 Å². The molecule has 1 aliphatic rings. The lowest BCUT2D eigenvalue weighted by Crippen LogP contribution is -2.48. The molecule has 14 heavy (non-hydrogen) atoms. The minimum Gasteiger partial charge on any atom is -0.480 e. The van der Waals surface area contributed by atoms with Gasteiger partial charge in [0.15, 0.2) is 0 Å². The number of halogens is 1. The number of hydrogen-bond donors (Lipinski definition) is 1. The summed E-state index contributed by atoms with van der Waals surface area (Å²) in [5.41, 5.74) is 0. The highest BCUT2D eigenvalue weighted by molar-refractivity contribution is 6.18. The van der Waals surface area contributed by atoms with Gasteiger partial charge in [0.2, 0.25) is 5.91 Å². The van der Waals surface area contributed by atoms with Crippen LogP contribution in [0.3, 0.4) is 0 Å². The minimum atomic E-state index is -0.910. The number of alkyl halides is 1. The molecule has 4 nitrogen and oxygen atoms in total. The van der Waals surface area contributed by atoms with Gasteiger partial charge in [-0.3, -0.25) is 4.79 Å². The summed E-state index contributed by atoms with van der Waals surface area (Å²) in [7, 11) is 0. The summed E-state index contributed by atoms with van der Waals surface area (Å²) in [5.74, 6) is -0.804. The third-order valence-electron chi connectivity index (χ3n) is 2.42. The largest absolute Gasteiger partial charge is 0.480 e. The predicted molar refractivity (Wildman–Crippen MR) is 52.3 cm³/mol. The van der Waals surface area contributed by atoms with Gasteiger partial charge in [0.25, 0.3) is 0 Å². The maximum absolute atomic E-state index is 11.5. The Morgan fingerprint density at radius 2 is 2.14 bits per heavy atom. The number of piperidine rings is 1. The lowest BCUT2D eigenvalue weighted by molar-refractivity contribution is -0.151. The van der Waals surface area contributed by atoms with Gasteiger partial charge in [-0.1, -0.05) is 0 Å². The van der Waals surface area contributed by atoms with E-state index in [2.05, 4.69) is 0 Å². The van der Waals surface area contributed by atoms with Crippen molar-refractivity contribution < 1.29 is 14.7 Å². The van der Waals surface area contributed by atoms with Gasteiger partial charge >= 0.3 is 5.97 Å². The fourth-order valence-corrected chi connectivity index (χ4v) is 1.87. The topological polar surface area (TPSA) is 57.6 Å². The number of carbonyl (C=O) groups excluding carboxylic acids is 1. The van der Waals surface area contributed by atoms with E-state index in [1.165, 1.54) is 4.90 Å².